The van der Waals surface area contributed by atoms with Gasteiger partial charge in [0.2, 0.25) is 0 Å². The van der Waals surface area contributed by atoms with Crippen LogP contribution < -0.4 is 0 Å². The normalized spacial score (nSPS) is 8.67. The quantitative estimate of drug-likeness (QED) is 0.459. The second kappa shape index (κ2) is 11.4. The van der Waals surface area contributed by atoms with Gasteiger partial charge in [0.25, 0.3) is 0 Å². The summed E-state index contributed by atoms with van der Waals surface area (Å²) in [5.74, 6) is 0. The van der Waals surface area contributed by atoms with E-state index in [2.05, 4.69) is 13.8 Å². The van der Waals surface area contributed by atoms with Crippen molar-refractivity contribution in [2.45, 2.75) is 52.4 Å². The van der Waals surface area contributed by atoms with Crippen LogP contribution in [0.3, 0.4) is 0 Å². The molecule has 0 spiro atoms. The Morgan fingerprint density at radius 2 is 1.00 bits per heavy atom. The van der Waals surface area contributed by atoms with Crippen LogP contribution in [0.2, 0.25) is 0 Å². The Morgan fingerprint density at radius 1 is 0.667 bits per heavy atom. The number of hydrogen-bond acceptors (Lipinski definition) is 0. The monoisotopic (exact) mass is 192 g/mol. The van der Waals surface area contributed by atoms with E-state index in [-0.39, 0.29) is 17.6 Å². The summed E-state index contributed by atoms with van der Waals surface area (Å²) < 4.78 is 0. The molecule has 0 unspecified atom stereocenters. The summed E-state index contributed by atoms with van der Waals surface area (Å²) in [4.78, 5) is 0. The van der Waals surface area contributed by atoms with Crippen LogP contribution in [-0.2, 0) is 0 Å². The summed E-state index contributed by atoms with van der Waals surface area (Å²) in [6.45, 7) is 4.51. The minimum atomic E-state index is 0. The van der Waals surface area contributed by atoms with E-state index >= 15 is 0 Å². The molecule has 0 bridgehead atoms. The van der Waals surface area contributed by atoms with Crippen LogP contribution in [0.4, 0.5) is 0 Å². The van der Waals surface area contributed by atoms with Crippen molar-refractivity contribution in [2.75, 3.05) is 0 Å². The topological polar surface area (TPSA) is 0 Å². The molecule has 0 atom stereocenters. The molecule has 0 rings (SSSR count). The average molecular weight is 191 g/mol. The maximum atomic E-state index is 2.26. The third-order valence-electron chi connectivity index (χ3n) is 1.46. The first-order valence-electron chi connectivity index (χ1n) is 3.91. The van der Waals surface area contributed by atoms with Crippen LogP contribution in [0.25, 0.3) is 0 Å². The summed E-state index contributed by atoms with van der Waals surface area (Å²) >= 11 is 0. The summed E-state index contributed by atoms with van der Waals surface area (Å²) in [5.41, 5.74) is 0. The molecule has 0 fully saturated rings. The molecular formula is C8H22Ge. The fraction of sp³-hybridized carbons (Fsp3) is 1.00. The summed E-state index contributed by atoms with van der Waals surface area (Å²) in [6.07, 6.45) is 8.49. The van der Waals surface area contributed by atoms with E-state index in [4.69, 9.17) is 0 Å². The van der Waals surface area contributed by atoms with E-state index in [1.165, 1.54) is 38.5 Å². The van der Waals surface area contributed by atoms with Crippen molar-refractivity contribution < 1.29 is 0 Å². The van der Waals surface area contributed by atoms with E-state index < -0.39 is 0 Å². The molecule has 1 heteroatoms. The molecule has 0 aromatic heterocycles. The van der Waals surface area contributed by atoms with E-state index in [9.17, 15) is 0 Å². The fourth-order valence-corrected chi connectivity index (χ4v) is 0.854. The van der Waals surface area contributed by atoms with Crippen LogP contribution >= 0.6 is 0 Å². The SMILES string of the molecule is CCCCCCCC.[GeH4]. The second-order valence-electron chi connectivity index (χ2n) is 2.41. The van der Waals surface area contributed by atoms with Gasteiger partial charge in [0.1, 0.15) is 0 Å². The first-order chi connectivity index (χ1) is 3.91. The van der Waals surface area contributed by atoms with Gasteiger partial charge in [-0.1, -0.05) is 52.4 Å². The van der Waals surface area contributed by atoms with Gasteiger partial charge in [-0.2, -0.15) is 0 Å². The third-order valence-corrected chi connectivity index (χ3v) is 1.46. The van der Waals surface area contributed by atoms with Crippen molar-refractivity contribution in [3.05, 3.63) is 0 Å². The number of hydrogen-bond donors (Lipinski definition) is 0. The van der Waals surface area contributed by atoms with E-state index in [1.807, 2.05) is 0 Å². The van der Waals surface area contributed by atoms with Crippen LogP contribution in [0.15, 0.2) is 0 Å². The Kier molecular flexibility index (Phi) is 15.4. The molecule has 0 aliphatic carbocycles. The van der Waals surface area contributed by atoms with Gasteiger partial charge in [0, 0.05) is 0 Å². The molecular weight excluding hydrogens is 169 g/mol. The number of unbranched alkanes of at least 4 members (excludes halogenated alkanes) is 5. The van der Waals surface area contributed by atoms with Crippen LogP contribution in [-0.4, -0.2) is 17.6 Å². The minimum absolute atomic E-state index is 0. The van der Waals surface area contributed by atoms with E-state index in [0.29, 0.717) is 0 Å². The van der Waals surface area contributed by atoms with Gasteiger partial charge >= 0.3 is 17.6 Å². The predicted octanol–water partition coefficient (Wildman–Crippen LogP) is 1.92. The molecule has 0 aromatic carbocycles. The van der Waals surface area contributed by atoms with Gasteiger partial charge in [-0.15, -0.1) is 0 Å². The Bertz CT molecular complexity index is 29.5. The zero-order valence-electron chi connectivity index (χ0n) is 6.24. The second-order valence-corrected chi connectivity index (χ2v) is 2.41. The molecule has 0 aromatic rings. The first kappa shape index (κ1) is 12.2. The molecule has 0 heterocycles. The van der Waals surface area contributed by atoms with Crippen molar-refractivity contribution in [3.8, 4) is 0 Å². The predicted molar refractivity (Wildman–Crippen MR) is 50.4 cm³/mol. The first-order valence-corrected chi connectivity index (χ1v) is 3.91. The Morgan fingerprint density at radius 3 is 1.22 bits per heavy atom. The Balaban J connectivity index is 0. The summed E-state index contributed by atoms with van der Waals surface area (Å²) in [7, 11) is 0. The Labute approximate surface area is 70.4 Å². The van der Waals surface area contributed by atoms with Gasteiger partial charge in [-0.25, -0.2) is 0 Å². The van der Waals surface area contributed by atoms with Crippen LogP contribution in [0.5, 0.6) is 0 Å². The van der Waals surface area contributed by atoms with Crippen molar-refractivity contribution in [1.29, 1.82) is 0 Å². The molecule has 0 N–H and O–H groups in total. The van der Waals surface area contributed by atoms with Gasteiger partial charge < -0.3 is 0 Å². The van der Waals surface area contributed by atoms with Gasteiger partial charge in [-0.3, -0.25) is 0 Å². The zero-order chi connectivity index (χ0) is 6.24. The molecule has 0 aliphatic rings. The molecule has 0 amide bonds. The third kappa shape index (κ3) is 11.9. The summed E-state index contributed by atoms with van der Waals surface area (Å²) in [5, 5.41) is 0. The molecule has 58 valence electrons. The van der Waals surface area contributed by atoms with Crippen molar-refractivity contribution in [2.24, 2.45) is 0 Å². The van der Waals surface area contributed by atoms with Gasteiger partial charge in [0.15, 0.2) is 0 Å². The summed E-state index contributed by atoms with van der Waals surface area (Å²) in [6, 6.07) is 0. The Hall–Kier alpha value is 0.543. The molecule has 0 nitrogen and oxygen atoms in total. The van der Waals surface area contributed by atoms with Gasteiger partial charge in [0.05, 0.1) is 0 Å². The average Bonchev–Trinajstić information content (AvgIpc) is 1.81. The zero-order valence-corrected chi connectivity index (χ0v) is 6.24. The maximum absolute atomic E-state index is 2.26. The van der Waals surface area contributed by atoms with Crippen molar-refractivity contribution in [1.82, 2.24) is 0 Å². The van der Waals surface area contributed by atoms with E-state index in [1.54, 1.807) is 0 Å². The molecule has 9 heavy (non-hydrogen) atoms. The molecule has 0 saturated carbocycles. The van der Waals surface area contributed by atoms with Crippen LogP contribution in [0, 0.1) is 0 Å². The van der Waals surface area contributed by atoms with Crippen molar-refractivity contribution >= 4 is 17.6 Å². The molecule has 0 aliphatic heterocycles. The van der Waals surface area contributed by atoms with E-state index in [0.717, 1.165) is 0 Å². The fourth-order valence-electron chi connectivity index (χ4n) is 0.854. The standard InChI is InChI=1S/C8H18.GeH4/c1-3-5-7-8-6-4-2;/h3-8H2,1-2H3;1H4. The molecule has 0 saturated heterocycles. The van der Waals surface area contributed by atoms with Gasteiger partial charge in [-0.05, 0) is 0 Å². The molecule has 0 radical (unpaired) electrons. The number of rotatable bonds is 5. The van der Waals surface area contributed by atoms with Crippen molar-refractivity contribution in [3.63, 3.8) is 0 Å². The van der Waals surface area contributed by atoms with Crippen LogP contribution in [0.1, 0.15) is 52.4 Å².